The van der Waals surface area contributed by atoms with Gasteiger partial charge in [0.05, 0.1) is 12.3 Å². The molecule has 3 rings (SSSR count). The number of ether oxygens (including phenoxy) is 1. The molecule has 0 aliphatic heterocycles. The van der Waals surface area contributed by atoms with Gasteiger partial charge < -0.3 is 14.7 Å². The van der Waals surface area contributed by atoms with Crippen LogP contribution in [-0.2, 0) is 4.74 Å². The number of carbonyl (C=O) groups excluding carboxylic acids is 1. The van der Waals surface area contributed by atoms with Gasteiger partial charge in [0.15, 0.2) is 5.75 Å². The standard InChI is InChI=1S/C24H27N3O3/c1-6-30-24(29)21-19-9-7-8-16(15(2)3)14-20(19)22(23(21)28)26-25-17-10-12-18(13-11-17)27(4)5/h7-15,28H,6H2,1-5H3. The van der Waals surface area contributed by atoms with Gasteiger partial charge in [-0.3, -0.25) is 0 Å². The molecule has 6 heteroatoms. The highest BCUT2D eigenvalue weighted by Crippen LogP contribution is 2.48. The van der Waals surface area contributed by atoms with Crippen LogP contribution < -0.4 is 4.90 Å². The molecule has 0 unspecified atom stereocenters. The van der Waals surface area contributed by atoms with Gasteiger partial charge >= 0.3 is 5.97 Å². The topological polar surface area (TPSA) is 74.5 Å². The van der Waals surface area contributed by atoms with E-state index >= 15 is 0 Å². The molecule has 0 spiro atoms. The lowest BCUT2D eigenvalue weighted by Crippen LogP contribution is -2.07. The molecule has 0 fully saturated rings. The van der Waals surface area contributed by atoms with Gasteiger partial charge in [0, 0.05) is 30.9 Å². The summed E-state index contributed by atoms with van der Waals surface area (Å²) in [6.07, 6.45) is 0. The van der Waals surface area contributed by atoms with Crippen LogP contribution in [0.5, 0.6) is 5.75 Å². The highest BCUT2D eigenvalue weighted by molar-refractivity contribution is 6.07. The van der Waals surface area contributed by atoms with Crippen molar-refractivity contribution in [1.29, 1.82) is 0 Å². The maximum atomic E-state index is 12.5. The highest BCUT2D eigenvalue weighted by atomic mass is 16.5. The van der Waals surface area contributed by atoms with E-state index in [0.29, 0.717) is 16.8 Å². The van der Waals surface area contributed by atoms with Crippen LogP contribution in [0.3, 0.4) is 0 Å². The summed E-state index contributed by atoms with van der Waals surface area (Å²) in [5, 5.41) is 19.5. The van der Waals surface area contributed by atoms with E-state index in [4.69, 9.17) is 4.74 Å². The third-order valence-electron chi connectivity index (χ3n) is 4.92. The van der Waals surface area contributed by atoms with Crippen molar-refractivity contribution in [3.63, 3.8) is 0 Å². The summed E-state index contributed by atoms with van der Waals surface area (Å²) >= 11 is 0. The van der Waals surface area contributed by atoms with E-state index in [1.165, 1.54) is 0 Å². The molecule has 1 aromatic carbocycles. The van der Waals surface area contributed by atoms with E-state index in [2.05, 4.69) is 24.1 Å². The molecule has 2 aliphatic rings. The molecule has 0 heterocycles. The Labute approximate surface area is 177 Å². The smallest absolute Gasteiger partial charge is 0.342 e. The summed E-state index contributed by atoms with van der Waals surface area (Å²) in [5.41, 5.74) is 4.41. The van der Waals surface area contributed by atoms with Crippen molar-refractivity contribution in [3.8, 4) is 16.9 Å². The molecular weight excluding hydrogens is 378 g/mol. The molecule has 6 nitrogen and oxygen atoms in total. The van der Waals surface area contributed by atoms with Crippen molar-refractivity contribution < 1.29 is 14.6 Å². The van der Waals surface area contributed by atoms with Crippen LogP contribution in [0.1, 0.15) is 42.6 Å². The fourth-order valence-corrected chi connectivity index (χ4v) is 3.22. The zero-order chi connectivity index (χ0) is 21.8. The van der Waals surface area contributed by atoms with Gasteiger partial charge in [-0.25, -0.2) is 4.79 Å². The van der Waals surface area contributed by atoms with Crippen LogP contribution in [-0.4, -0.2) is 31.8 Å². The number of fused-ring (bicyclic) bond motifs is 1. The molecule has 156 valence electrons. The molecule has 1 aromatic rings. The quantitative estimate of drug-likeness (QED) is 0.387. The molecule has 1 N–H and O–H groups in total. The van der Waals surface area contributed by atoms with Crippen LogP contribution in [0.15, 0.2) is 58.8 Å². The molecule has 0 atom stereocenters. The second kappa shape index (κ2) is 8.95. The molecule has 30 heavy (non-hydrogen) atoms. The summed E-state index contributed by atoms with van der Waals surface area (Å²) in [6, 6.07) is 15.2. The van der Waals surface area contributed by atoms with Crippen molar-refractivity contribution in [2.45, 2.75) is 26.7 Å². The molecule has 0 radical (unpaired) electrons. The number of hydrogen-bond donors (Lipinski definition) is 1. The minimum absolute atomic E-state index is 0.120. The van der Waals surface area contributed by atoms with Crippen LogP contribution in [0, 0.1) is 0 Å². The van der Waals surface area contributed by atoms with Gasteiger partial charge in [0.1, 0.15) is 11.3 Å². The van der Waals surface area contributed by atoms with Crippen LogP contribution in [0.2, 0.25) is 0 Å². The van der Waals surface area contributed by atoms with E-state index in [0.717, 1.165) is 11.3 Å². The molecule has 0 saturated carbocycles. The van der Waals surface area contributed by atoms with E-state index in [-0.39, 0.29) is 29.5 Å². The number of nitrogens with zero attached hydrogens (tertiary/aromatic N) is 3. The van der Waals surface area contributed by atoms with Gasteiger partial charge in [-0.1, -0.05) is 32.0 Å². The first-order chi connectivity index (χ1) is 14.3. The first kappa shape index (κ1) is 21.3. The number of carbonyl (C=O) groups is 1. The summed E-state index contributed by atoms with van der Waals surface area (Å²) in [5.74, 6) is -0.515. The lowest BCUT2D eigenvalue weighted by Gasteiger charge is -2.11. The first-order valence-electron chi connectivity index (χ1n) is 9.98. The lowest BCUT2D eigenvalue weighted by molar-refractivity contribution is 0.0524. The first-order valence-corrected chi connectivity index (χ1v) is 9.98. The average molecular weight is 405 g/mol. The number of azo groups is 1. The monoisotopic (exact) mass is 405 g/mol. The van der Waals surface area contributed by atoms with Crippen molar-refractivity contribution in [3.05, 3.63) is 59.7 Å². The molecule has 2 aliphatic carbocycles. The number of aromatic hydroxyl groups is 1. The number of hydrogen-bond acceptors (Lipinski definition) is 6. The SMILES string of the molecule is CCOC(=O)c1c2cccc(C(C)C)cc-2c(N=Nc2ccc(N(C)C)cc2)c1O. The fraction of sp³-hybridized carbons (Fsp3) is 0.292. The maximum absolute atomic E-state index is 12.5. The summed E-state index contributed by atoms with van der Waals surface area (Å²) in [7, 11) is 3.93. The molecule has 0 aromatic heterocycles. The number of rotatable bonds is 6. The summed E-state index contributed by atoms with van der Waals surface area (Å²) in [4.78, 5) is 14.5. The second-order valence-corrected chi connectivity index (χ2v) is 7.56. The predicted octanol–water partition coefficient (Wildman–Crippen LogP) is 6.28. The average Bonchev–Trinajstić information content (AvgIpc) is 2.83. The van der Waals surface area contributed by atoms with Crippen molar-refractivity contribution in [2.75, 3.05) is 25.6 Å². The molecule has 0 saturated heterocycles. The zero-order valence-electron chi connectivity index (χ0n) is 18.0. The Bertz CT molecular complexity index is 1040. The normalized spacial score (nSPS) is 11.4. The zero-order valence-corrected chi connectivity index (χ0v) is 18.0. The Morgan fingerprint density at radius 2 is 1.77 bits per heavy atom. The van der Waals surface area contributed by atoms with E-state index in [1.807, 2.05) is 61.5 Å². The largest absolute Gasteiger partial charge is 0.505 e. The van der Waals surface area contributed by atoms with E-state index < -0.39 is 5.97 Å². The number of anilines is 1. The van der Waals surface area contributed by atoms with Crippen molar-refractivity contribution in [1.82, 2.24) is 0 Å². The molecule has 0 bridgehead atoms. The molecular formula is C24H27N3O3. The van der Waals surface area contributed by atoms with Gasteiger partial charge in [0.2, 0.25) is 0 Å². The third kappa shape index (κ3) is 4.27. The van der Waals surface area contributed by atoms with Crippen LogP contribution >= 0.6 is 0 Å². The van der Waals surface area contributed by atoms with Crippen molar-refractivity contribution >= 4 is 23.0 Å². The summed E-state index contributed by atoms with van der Waals surface area (Å²) < 4.78 is 5.16. The fourth-order valence-electron chi connectivity index (χ4n) is 3.22. The van der Waals surface area contributed by atoms with Crippen LogP contribution in [0.25, 0.3) is 11.1 Å². The van der Waals surface area contributed by atoms with E-state index in [9.17, 15) is 9.90 Å². The van der Waals surface area contributed by atoms with Gasteiger partial charge in [-0.2, -0.15) is 5.11 Å². The second-order valence-electron chi connectivity index (χ2n) is 7.56. The Morgan fingerprint density at radius 3 is 2.37 bits per heavy atom. The number of esters is 1. The van der Waals surface area contributed by atoms with Crippen LogP contribution in [0.4, 0.5) is 17.1 Å². The Morgan fingerprint density at radius 1 is 1.07 bits per heavy atom. The van der Waals surface area contributed by atoms with Crippen molar-refractivity contribution in [2.24, 2.45) is 10.2 Å². The summed E-state index contributed by atoms with van der Waals surface area (Å²) in [6.45, 7) is 6.12. The maximum Gasteiger partial charge on any atom is 0.342 e. The Kier molecular flexibility index (Phi) is 6.35. The Balaban J connectivity index is 2.13. The highest BCUT2D eigenvalue weighted by Gasteiger charge is 2.28. The predicted molar refractivity (Wildman–Crippen MR) is 120 cm³/mol. The lowest BCUT2D eigenvalue weighted by atomic mass is 10.0. The minimum atomic E-state index is -0.575. The number of benzene rings is 1. The minimum Gasteiger partial charge on any atom is -0.505 e. The van der Waals surface area contributed by atoms with E-state index in [1.54, 1.807) is 13.0 Å². The third-order valence-corrected chi connectivity index (χ3v) is 4.92. The van der Waals surface area contributed by atoms with Gasteiger partial charge in [-0.05, 0) is 48.7 Å². The Hall–Kier alpha value is -3.41. The van der Waals surface area contributed by atoms with Gasteiger partial charge in [-0.15, -0.1) is 5.11 Å². The van der Waals surface area contributed by atoms with Gasteiger partial charge in [0.25, 0.3) is 0 Å². The molecule has 0 amide bonds.